The first kappa shape index (κ1) is 12.9. The van der Waals surface area contributed by atoms with Crippen molar-refractivity contribution in [2.24, 2.45) is 5.73 Å². The lowest BCUT2D eigenvalue weighted by atomic mass is 10.1. The summed E-state index contributed by atoms with van der Waals surface area (Å²) in [5.74, 6) is 0. The fourth-order valence-electron chi connectivity index (χ4n) is 2.96. The van der Waals surface area contributed by atoms with Gasteiger partial charge in [0.05, 0.1) is 0 Å². The fraction of sp³-hybridized carbons (Fsp3) is 0.375. The molecule has 1 aromatic carbocycles. The van der Waals surface area contributed by atoms with Crippen LogP contribution in [-0.4, -0.2) is 18.5 Å². The molecule has 2 nitrogen and oxygen atoms in total. The summed E-state index contributed by atoms with van der Waals surface area (Å²) in [6.07, 6.45) is 2.17. The zero-order chi connectivity index (χ0) is 13.2. The molecule has 0 radical (unpaired) electrons. The van der Waals surface area contributed by atoms with E-state index in [1.165, 1.54) is 16.0 Å². The van der Waals surface area contributed by atoms with Crippen molar-refractivity contribution in [1.29, 1.82) is 0 Å². The zero-order valence-electron chi connectivity index (χ0n) is 11.3. The highest BCUT2D eigenvalue weighted by molar-refractivity contribution is 7.09. The number of benzene rings is 1. The number of nitrogens with two attached hydrogens (primary N) is 1. The Hall–Kier alpha value is -1.16. The van der Waals surface area contributed by atoms with Crippen LogP contribution in [0.2, 0.25) is 0 Å². The Bertz CT molecular complexity index is 535. The highest BCUT2D eigenvalue weighted by Crippen LogP contribution is 2.40. The van der Waals surface area contributed by atoms with Crippen LogP contribution in [0.3, 0.4) is 0 Å². The first-order valence-corrected chi connectivity index (χ1v) is 7.70. The molecule has 2 unspecified atom stereocenters. The van der Waals surface area contributed by atoms with Crippen LogP contribution in [0.1, 0.15) is 34.5 Å². The molecule has 0 aliphatic heterocycles. The SMILES string of the molecule is CN(CCc1cccs1)C1CC(N)c2ccccc21. The second-order valence-electron chi connectivity index (χ2n) is 5.30. The van der Waals surface area contributed by atoms with Gasteiger partial charge in [-0.3, -0.25) is 4.90 Å². The van der Waals surface area contributed by atoms with Crippen molar-refractivity contribution in [3.63, 3.8) is 0 Å². The van der Waals surface area contributed by atoms with Crippen molar-refractivity contribution in [3.05, 3.63) is 57.8 Å². The summed E-state index contributed by atoms with van der Waals surface area (Å²) in [5, 5.41) is 2.15. The van der Waals surface area contributed by atoms with Gasteiger partial charge in [-0.05, 0) is 42.5 Å². The van der Waals surface area contributed by atoms with E-state index in [9.17, 15) is 0 Å². The highest BCUT2D eigenvalue weighted by Gasteiger charge is 2.30. The van der Waals surface area contributed by atoms with Crippen molar-refractivity contribution in [2.75, 3.05) is 13.6 Å². The van der Waals surface area contributed by atoms with Crippen molar-refractivity contribution < 1.29 is 0 Å². The molecule has 1 aromatic heterocycles. The van der Waals surface area contributed by atoms with E-state index < -0.39 is 0 Å². The molecule has 3 rings (SSSR count). The molecule has 0 saturated heterocycles. The quantitative estimate of drug-likeness (QED) is 0.924. The molecule has 1 aliphatic rings. The van der Waals surface area contributed by atoms with Crippen LogP contribution in [-0.2, 0) is 6.42 Å². The third-order valence-corrected chi connectivity index (χ3v) is 4.99. The van der Waals surface area contributed by atoms with Gasteiger partial charge in [0.1, 0.15) is 0 Å². The Morgan fingerprint density at radius 1 is 1.21 bits per heavy atom. The third-order valence-electron chi connectivity index (χ3n) is 4.05. The van der Waals surface area contributed by atoms with Gasteiger partial charge >= 0.3 is 0 Å². The van der Waals surface area contributed by atoms with Crippen molar-refractivity contribution in [1.82, 2.24) is 4.90 Å². The van der Waals surface area contributed by atoms with E-state index in [0.717, 1.165) is 19.4 Å². The average molecular weight is 272 g/mol. The van der Waals surface area contributed by atoms with E-state index in [1.807, 2.05) is 11.3 Å². The lowest BCUT2D eigenvalue weighted by molar-refractivity contribution is 0.241. The molecular formula is C16H20N2S. The molecule has 1 heterocycles. The minimum absolute atomic E-state index is 0.199. The van der Waals surface area contributed by atoms with Gasteiger partial charge in [0.15, 0.2) is 0 Å². The van der Waals surface area contributed by atoms with E-state index in [4.69, 9.17) is 5.73 Å². The molecule has 100 valence electrons. The normalized spacial score (nSPS) is 21.8. The predicted octanol–water partition coefficient (Wildman–Crippen LogP) is 3.37. The Labute approximate surface area is 118 Å². The molecule has 2 N–H and O–H groups in total. The lowest BCUT2D eigenvalue weighted by Crippen LogP contribution is -2.25. The first-order valence-electron chi connectivity index (χ1n) is 6.82. The fourth-order valence-corrected chi connectivity index (χ4v) is 3.66. The number of hydrogen-bond donors (Lipinski definition) is 1. The summed E-state index contributed by atoms with van der Waals surface area (Å²) < 4.78 is 0. The van der Waals surface area contributed by atoms with Crippen LogP contribution in [0.15, 0.2) is 41.8 Å². The maximum atomic E-state index is 6.24. The van der Waals surface area contributed by atoms with Crippen LogP contribution in [0, 0.1) is 0 Å². The molecule has 3 heteroatoms. The maximum Gasteiger partial charge on any atom is 0.0366 e. The monoisotopic (exact) mass is 272 g/mol. The molecule has 0 spiro atoms. The van der Waals surface area contributed by atoms with Gasteiger partial charge < -0.3 is 5.73 Å². The molecule has 0 bridgehead atoms. The molecule has 0 fully saturated rings. The van der Waals surface area contributed by atoms with Gasteiger partial charge in [-0.15, -0.1) is 11.3 Å². The Morgan fingerprint density at radius 2 is 2.00 bits per heavy atom. The average Bonchev–Trinajstić information content (AvgIpc) is 3.05. The first-order chi connectivity index (χ1) is 9.25. The van der Waals surface area contributed by atoms with Crippen LogP contribution >= 0.6 is 11.3 Å². The van der Waals surface area contributed by atoms with Gasteiger partial charge in [0.2, 0.25) is 0 Å². The number of rotatable bonds is 4. The summed E-state index contributed by atoms with van der Waals surface area (Å²) in [6, 6.07) is 13.6. The van der Waals surface area contributed by atoms with E-state index in [1.54, 1.807) is 0 Å². The summed E-state index contributed by atoms with van der Waals surface area (Å²) >= 11 is 1.84. The van der Waals surface area contributed by atoms with Crippen LogP contribution in [0.5, 0.6) is 0 Å². The van der Waals surface area contributed by atoms with Gasteiger partial charge in [-0.2, -0.15) is 0 Å². The number of hydrogen-bond acceptors (Lipinski definition) is 3. The van der Waals surface area contributed by atoms with E-state index >= 15 is 0 Å². The number of nitrogens with zero attached hydrogens (tertiary/aromatic N) is 1. The topological polar surface area (TPSA) is 29.3 Å². The molecule has 1 aliphatic carbocycles. The van der Waals surface area contributed by atoms with Crippen LogP contribution < -0.4 is 5.73 Å². The van der Waals surface area contributed by atoms with Gasteiger partial charge in [0.25, 0.3) is 0 Å². The van der Waals surface area contributed by atoms with Crippen LogP contribution in [0.4, 0.5) is 0 Å². The molecule has 2 aromatic rings. The van der Waals surface area contributed by atoms with Crippen LogP contribution in [0.25, 0.3) is 0 Å². The van der Waals surface area contributed by atoms with E-state index in [0.29, 0.717) is 6.04 Å². The van der Waals surface area contributed by atoms with E-state index in [-0.39, 0.29) is 6.04 Å². The summed E-state index contributed by atoms with van der Waals surface area (Å²) in [5.41, 5.74) is 8.99. The van der Waals surface area contributed by atoms with Crippen molar-refractivity contribution in [3.8, 4) is 0 Å². The standard InChI is InChI=1S/C16H20N2S/c1-18(9-8-12-5-4-10-19-12)16-11-15(17)13-6-2-3-7-14(13)16/h2-7,10,15-16H,8-9,11,17H2,1H3. The van der Waals surface area contributed by atoms with Gasteiger partial charge in [-0.1, -0.05) is 30.3 Å². The molecular weight excluding hydrogens is 252 g/mol. The van der Waals surface area contributed by atoms with Gasteiger partial charge in [-0.25, -0.2) is 0 Å². The third kappa shape index (κ3) is 2.59. The summed E-state index contributed by atoms with van der Waals surface area (Å²) in [4.78, 5) is 3.91. The van der Waals surface area contributed by atoms with Gasteiger partial charge in [0, 0.05) is 23.5 Å². The summed E-state index contributed by atoms with van der Waals surface area (Å²) in [6.45, 7) is 1.09. The minimum atomic E-state index is 0.199. The summed E-state index contributed by atoms with van der Waals surface area (Å²) in [7, 11) is 2.22. The maximum absolute atomic E-state index is 6.24. The van der Waals surface area contributed by atoms with Crippen molar-refractivity contribution in [2.45, 2.75) is 24.9 Å². The zero-order valence-corrected chi connectivity index (χ0v) is 12.1. The number of thiophene rings is 1. The molecule has 0 saturated carbocycles. The molecule has 2 atom stereocenters. The minimum Gasteiger partial charge on any atom is -0.324 e. The highest BCUT2D eigenvalue weighted by atomic mass is 32.1. The molecule has 0 amide bonds. The number of fused-ring (bicyclic) bond motifs is 1. The van der Waals surface area contributed by atoms with E-state index in [2.05, 4.69) is 53.7 Å². The molecule has 19 heavy (non-hydrogen) atoms. The smallest absolute Gasteiger partial charge is 0.0366 e. The number of likely N-dealkylation sites (N-methyl/N-ethyl adjacent to an activating group) is 1. The Balaban J connectivity index is 1.69. The Kier molecular flexibility index (Phi) is 3.69. The largest absolute Gasteiger partial charge is 0.324 e. The second-order valence-corrected chi connectivity index (χ2v) is 6.33. The lowest BCUT2D eigenvalue weighted by Gasteiger charge is -2.25. The predicted molar refractivity (Wildman–Crippen MR) is 81.4 cm³/mol. The van der Waals surface area contributed by atoms with Crippen molar-refractivity contribution >= 4 is 11.3 Å². The second kappa shape index (κ2) is 5.45. The Morgan fingerprint density at radius 3 is 2.74 bits per heavy atom.